The van der Waals surface area contributed by atoms with Crippen LogP contribution in [0, 0.1) is 5.92 Å². The molecule has 0 aromatic rings. The van der Waals surface area contributed by atoms with Gasteiger partial charge in [0.05, 0.1) is 26.2 Å². The van der Waals surface area contributed by atoms with E-state index < -0.39 is 0 Å². The fraction of sp³-hybridized carbons (Fsp3) is 0.933. The Balaban J connectivity index is 1.51. The molecule has 1 N–H and O–H groups in total. The fourth-order valence-corrected chi connectivity index (χ4v) is 2.55. The molecule has 2 fully saturated rings. The molecule has 0 aromatic carbocycles. The van der Waals surface area contributed by atoms with Crippen LogP contribution in [0.5, 0.6) is 0 Å². The summed E-state index contributed by atoms with van der Waals surface area (Å²) >= 11 is 0. The van der Waals surface area contributed by atoms with E-state index in [4.69, 9.17) is 9.47 Å². The topological polar surface area (TPSA) is 50.8 Å². The van der Waals surface area contributed by atoms with E-state index in [1.165, 1.54) is 19.4 Å². The van der Waals surface area contributed by atoms with Crippen molar-refractivity contribution in [1.29, 1.82) is 0 Å². The minimum atomic E-state index is 0.225. The number of hydrogen-bond donors (Lipinski definition) is 1. The summed E-state index contributed by atoms with van der Waals surface area (Å²) in [6.07, 6.45) is 5.46. The number of rotatable bonds is 9. The van der Waals surface area contributed by atoms with Gasteiger partial charge in [-0.15, -0.1) is 0 Å². The molecular formula is C15H28N2O3. The highest BCUT2D eigenvalue weighted by molar-refractivity contribution is 5.76. The SMILES string of the molecule is COCCOCCC(=O)N1CCC(NCC2CC2)CC1. The summed E-state index contributed by atoms with van der Waals surface area (Å²) in [4.78, 5) is 14.0. The number of methoxy groups -OCH3 is 1. The first-order valence-corrected chi connectivity index (χ1v) is 7.87. The first-order valence-electron chi connectivity index (χ1n) is 7.87. The molecule has 2 aliphatic rings. The number of nitrogens with one attached hydrogen (secondary N) is 1. The maximum absolute atomic E-state index is 12.0. The third-order valence-corrected chi connectivity index (χ3v) is 4.13. The number of ether oxygens (including phenoxy) is 2. The second kappa shape index (κ2) is 8.60. The van der Waals surface area contributed by atoms with Crippen LogP contribution >= 0.6 is 0 Å². The third kappa shape index (κ3) is 5.77. The van der Waals surface area contributed by atoms with E-state index in [1.54, 1.807) is 7.11 Å². The zero-order valence-electron chi connectivity index (χ0n) is 12.6. The Morgan fingerprint density at radius 1 is 1.15 bits per heavy atom. The maximum Gasteiger partial charge on any atom is 0.224 e. The predicted octanol–water partition coefficient (Wildman–Crippen LogP) is 1.03. The van der Waals surface area contributed by atoms with E-state index in [0.29, 0.717) is 32.3 Å². The first-order chi connectivity index (χ1) is 9.79. The minimum Gasteiger partial charge on any atom is -0.382 e. The number of carbonyl (C=O) groups is 1. The quantitative estimate of drug-likeness (QED) is 0.643. The van der Waals surface area contributed by atoms with E-state index in [2.05, 4.69) is 5.32 Å². The molecule has 1 saturated carbocycles. The number of piperidine rings is 1. The number of hydrogen-bond acceptors (Lipinski definition) is 4. The van der Waals surface area contributed by atoms with E-state index in [0.717, 1.165) is 31.8 Å². The predicted molar refractivity (Wildman–Crippen MR) is 77.6 cm³/mol. The van der Waals surface area contributed by atoms with Gasteiger partial charge in [-0.3, -0.25) is 4.79 Å². The Morgan fingerprint density at radius 2 is 1.90 bits per heavy atom. The van der Waals surface area contributed by atoms with Gasteiger partial charge in [0.15, 0.2) is 0 Å². The molecule has 1 amide bonds. The van der Waals surface area contributed by atoms with Crippen LogP contribution in [0.1, 0.15) is 32.1 Å². The van der Waals surface area contributed by atoms with E-state index >= 15 is 0 Å². The summed E-state index contributed by atoms with van der Waals surface area (Å²) in [5.41, 5.74) is 0. The zero-order chi connectivity index (χ0) is 14.2. The van der Waals surface area contributed by atoms with Crippen molar-refractivity contribution < 1.29 is 14.3 Å². The van der Waals surface area contributed by atoms with Gasteiger partial charge < -0.3 is 19.7 Å². The molecular weight excluding hydrogens is 256 g/mol. The van der Waals surface area contributed by atoms with Gasteiger partial charge >= 0.3 is 0 Å². The van der Waals surface area contributed by atoms with Crippen LogP contribution in [0.4, 0.5) is 0 Å². The van der Waals surface area contributed by atoms with Crippen molar-refractivity contribution in [3.63, 3.8) is 0 Å². The molecule has 0 aromatic heterocycles. The van der Waals surface area contributed by atoms with Crippen LogP contribution in [0.25, 0.3) is 0 Å². The van der Waals surface area contributed by atoms with Crippen molar-refractivity contribution in [2.24, 2.45) is 5.92 Å². The lowest BCUT2D eigenvalue weighted by Crippen LogP contribution is -2.45. The van der Waals surface area contributed by atoms with Crippen molar-refractivity contribution in [2.75, 3.05) is 46.6 Å². The lowest BCUT2D eigenvalue weighted by molar-refractivity contribution is -0.133. The minimum absolute atomic E-state index is 0.225. The Morgan fingerprint density at radius 3 is 2.55 bits per heavy atom. The van der Waals surface area contributed by atoms with E-state index in [1.807, 2.05) is 4.90 Å². The van der Waals surface area contributed by atoms with Crippen LogP contribution in [-0.4, -0.2) is 63.4 Å². The summed E-state index contributed by atoms with van der Waals surface area (Å²) in [6, 6.07) is 0.609. The summed E-state index contributed by atoms with van der Waals surface area (Å²) in [6.45, 7) is 4.61. The fourth-order valence-electron chi connectivity index (χ4n) is 2.55. The highest BCUT2D eigenvalue weighted by Gasteiger charge is 2.25. The molecule has 0 radical (unpaired) electrons. The van der Waals surface area contributed by atoms with Gasteiger partial charge in [-0.05, 0) is 38.1 Å². The van der Waals surface area contributed by atoms with Crippen LogP contribution in [0.15, 0.2) is 0 Å². The normalized spacial score (nSPS) is 20.4. The monoisotopic (exact) mass is 284 g/mol. The number of carbonyl (C=O) groups excluding carboxylic acids is 1. The van der Waals surface area contributed by atoms with Crippen LogP contribution in [0.2, 0.25) is 0 Å². The average molecular weight is 284 g/mol. The lowest BCUT2D eigenvalue weighted by Gasteiger charge is -2.32. The number of nitrogens with zero attached hydrogens (tertiary/aromatic N) is 1. The van der Waals surface area contributed by atoms with Crippen LogP contribution < -0.4 is 5.32 Å². The molecule has 20 heavy (non-hydrogen) atoms. The molecule has 5 heteroatoms. The van der Waals surface area contributed by atoms with Gasteiger partial charge in [-0.1, -0.05) is 0 Å². The average Bonchev–Trinajstić information content (AvgIpc) is 3.29. The highest BCUT2D eigenvalue weighted by atomic mass is 16.5. The molecule has 0 bridgehead atoms. The van der Waals surface area contributed by atoms with Gasteiger partial charge in [0, 0.05) is 26.2 Å². The summed E-state index contributed by atoms with van der Waals surface area (Å²) < 4.78 is 10.2. The van der Waals surface area contributed by atoms with Crippen molar-refractivity contribution >= 4 is 5.91 Å². The van der Waals surface area contributed by atoms with E-state index in [-0.39, 0.29) is 5.91 Å². The summed E-state index contributed by atoms with van der Waals surface area (Å²) in [5.74, 6) is 1.15. The number of likely N-dealkylation sites (tertiary alicyclic amines) is 1. The zero-order valence-corrected chi connectivity index (χ0v) is 12.6. The molecule has 1 aliphatic carbocycles. The molecule has 1 saturated heterocycles. The highest BCUT2D eigenvalue weighted by Crippen LogP contribution is 2.28. The molecule has 5 nitrogen and oxygen atoms in total. The molecule has 0 atom stereocenters. The number of amides is 1. The second-order valence-corrected chi connectivity index (χ2v) is 5.86. The second-order valence-electron chi connectivity index (χ2n) is 5.86. The molecule has 2 rings (SSSR count). The van der Waals surface area contributed by atoms with Gasteiger partial charge in [0.25, 0.3) is 0 Å². The summed E-state index contributed by atoms with van der Waals surface area (Å²) in [5, 5.41) is 3.63. The Labute approximate surface area is 122 Å². The standard InChI is InChI=1S/C15H28N2O3/c1-19-10-11-20-9-6-15(18)17-7-4-14(5-8-17)16-12-13-2-3-13/h13-14,16H,2-12H2,1H3. The van der Waals surface area contributed by atoms with Crippen molar-refractivity contribution in [2.45, 2.75) is 38.1 Å². The maximum atomic E-state index is 12.0. The Kier molecular flexibility index (Phi) is 6.76. The van der Waals surface area contributed by atoms with E-state index in [9.17, 15) is 4.79 Å². The van der Waals surface area contributed by atoms with Crippen LogP contribution in [0.3, 0.4) is 0 Å². The third-order valence-electron chi connectivity index (χ3n) is 4.13. The Hall–Kier alpha value is -0.650. The van der Waals surface area contributed by atoms with Crippen molar-refractivity contribution in [1.82, 2.24) is 10.2 Å². The van der Waals surface area contributed by atoms with Gasteiger partial charge in [-0.25, -0.2) is 0 Å². The van der Waals surface area contributed by atoms with Gasteiger partial charge in [0.1, 0.15) is 0 Å². The van der Waals surface area contributed by atoms with Gasteiger partial charge in [0.2, 0.25) is 5.91 Å². The molecule has 0 spiro atoms. The Bertz CT molecular complexity index is 287. The molecule has 1 aliphatic heterocycles. The van der Waals surface area contributed by atoms with Gasteiger partial charge in [-0.2, -0.15) is 0 Å². The lowest BCUT2D eigenvalue weighted by atomic mass is 10.0. The summed E-state index contributed by atoms with van der Waals surface area (Å²) in [7, 11) is 1.65. The molecule has 0 unspecified atom stereocenters. The van der Waals surface area contributed by atoms with Crippen LogP contribution in [-0.2, 0) is 14.3 Å². The largest absolute Gasteiger partial charge is 0.382 e. The van der Waals surface area contributed by atoms with Crippen molar-refractivity contribution in [3.05, 3.63) is 0 Å². The molecule has 1 heterocycles. The van der Waals surface area contributed by atoms with Crippen molar-refractivity contribution in [3.8, 4) is 0 Å². The smallest absolute Gasteiger partial charge is 0.224 e. The first kappa shape index (κ1) is 15.7. The molecule has 116 valence electrons.